The number of rotatable bonds is 4. The lowest BCUT2D eigenvalue weighted by molar-refractivity contribution is 0.0691. The van der Waals surface area contributed by atoms with Crippen molar-refractivity contribution < 1.29 is 14.6 Å². The number of benzene rings is 1. The van der Waals surface area contributed by atoms with Crippen LogP contribution in [0, 0.1) is 0 Å². The average molecular weight is 302 g/mol. The van der Waals surface area contributed by atoms with E-state index in [1.807, 2.05) is 21.9 Å². The van der Waals surface area contributed by atoms with Crippen molar-refractivity contribution >= 4 is 22.3 Å². The highest BCUT2D eigenvalue weighted by Gasteiger charge is 2.14. The van der Waals surface area contributed by atoms with Gasteiger partial charge < -0.3 is 9.84 Å². The highest BCUT2D eigenvalue weighted by Crippen LogP contribution is 2.30. The number of imidazole rings is 1. The van der Waals surface area contributed by atoms with Crippen LogP contribution in [0.1, 0.15) is 23.0 Å². The number of methoxy groups -OCH3 is 1. The van der Waals surface area contributed by atoms with E-state index < -0.39 is 5.97 Å². The molecule has 0 fully saturated rings. The minimum Gasteiger partial charge on any atom is -0.496 e. The molecule has 5 nitrogen and oxygen atoms in total. The smallest absolute Gasteiger partial charge is 0.356 e. The highest BCUT2D eigenvalue weighted by molar-refractivity contribution is 7.15. The molecule has 0 bridgehead atoms. The molecule has 0 spiro atoms. The number of nitrogens with zero attached hydrogens (tertiary/aromatic N) is 2. The molecule has 1 N–H and O–H groups in total. The Morgan fingerprint density at radius 3 is 2.95 bits per heavy atom. The predicted molar refractivity (Wildman–Crippen MR) is 81.4 cm³/mol. The van der Waals surface area contributed by atoms with Gasteiger partial charge in [-0.3, -0.25) is 4.40 Å². The minimum atomic E-state index is -1.01. The Kier molecular flexibility index (Phi) is 3.39. The standard InChI is InChI=1S/C15H14N2O3S/c1-3-9-6-10(4-5-13(9)20-2)12-8-21-15-16-11(14(18)19)7-17(12)15/h4-8H,3H2,1-2H3,(H,18,19). The first-order valence-corrected chi connectivity index (χ1v) is 7.39. The lowest BCUT2D eigenvalue weighted by Gasteiger charge is -2.08. The quantitative estimate of drug-likeness (QED) is 0.803. The first-order valence-electron chi connectivity index (χ1n) is 6.51. The number of thiazole rings is 1. The summed E-state index contributed by atoms with van der Waals surface area (Å²) >= 11 is 1.43. The molecule has 108 valence electrons. The molecule has 0 aliphatic rings. The van der Waals surface area contributed by atoms with E-state index in [4.69, 9.17) is 9.84 Å². The molecular weight excluding hydrogens is 288 g/mol. The Balaban J connectivity index is 2.13. The maximum absolute atomic E-state index is 11.0. The van der Waals surface area contributed by atoms with Crippen LogP contribution in [0.25, 0.3) is 16.2 Å². The zero-order chi connectivity index (χ0) is 15.0. The van der Waals surface area contributed by atoms with Gasteiger partial charge in [0.1, 0.15) is 5.75 Å². The summed E-state index contributed by atoms with van der Waals surface area (Å²) < 4.78 is 7.15. The van der Waals surface area contributed by atoms with Crippen molar-refractivity contribution in [1.29, 1.82) is 0 Å². The van der Waals surface area contributed by atoms with Crippen LogP contribution in [0.5, 0.6) is 5.75 Å². The molecule has 2 aromatic heterocycles. The molecule has 0 saturated carbocycles. The van der Waals surface area contributed by atoms with E-state index in [1.54, 1.807) is 13.3 Å². The van der Waals surface area contributed by atoms with Crippen LogP contribution in [0.15, 0.2) is 29.8 Å². The molecule has 0 aliphatic heterocycles. The molecular formula is C15H14N2O3S. The van der Waals surface area contributed by atoms with E-state index in [-0.39, 0.29) is 5.69 Å². The van der Waals surface area contributed by atoms with Gasteiger partial charge in [0.15, 0.2) is 10.7 Å². The van der Waals surface area contributed by atoms with Crippen LogP contribution >= 0.6 is 11.3 Å². The maximum atomic E-state index is 11.0. The number of hydrogen-bond donors (Lipinski definition) is 1. The van der Waals surface area contributed by atoms with Crippen molar-refractivity contribution in [2.75, 3.05) is 7.11 Å². The predicted octanol–water partition coefficient (Wildman–Crippen LogP) is 3.33. The molecule has 3 rings (SSSR count). The maximum Gasteiger partial charge on any atom is 0.356 e. The first kappa shape index (κ1) is 13.6. The third-order valence-electron chi connectivity index (χ3n) is 3.39. The highest BCUT2D eigenvalue weighted by atomic mass is 32.1. The van der Waals surface area contributed by atoms with Crippen LogP contribution < -0.4 is 4.74 Å². The minimum absolute atomic E-state index is 0.0623. The van der Waals surface area contributed by atoms with Gasteiger partial charge in [0, 0.05) is 11.6 Å². The fourth-order valence-corrected chi connectivity index (χ4v) is 3.19. The van der Waals surface area contributed by atoms with Crippen LogP contribution in [-0.2, 0) is 6.42 Å². The Labute approximate surface area is 125 Å². The number of carboxylic acid groups (broad SMARTS) is 1. The number of carboxylic acids is 1. The van der Waals surface area contributed by atoms with Gasteiger partial charge in [-0.15, -0.1) is 11.3 Å². The van der Waals surface area contributed by atoms with Gasteiger partial charge in [-0.25, -0.2) is 9.78 Å². The number of fused-ring (bicyclic) bond motifs is 1. The molecule has 0 saturated heterocycles. The Hall–Kier alpha value is -2.34. The molecule has 0 atom stereocenters. The number of hydrogen-bond acceptors (Lipinski definition) is 4. The van der Waals surface area contributed by atoms with Gasteiger partial charge in [0.05, 0.1) is 12.8 Å². The second-order valence-corrected chi connectivity index (χ2v) is 5.42. The summed E-state index contributed by atoms with van der Waals surface area (Å²) in [4.78, 5) is 15.8. The number of aromatic carboxylic acids is 1. The summed E-state index contributed by atoms with van der Waals surface area (Å²) in [6, 6.07) is 5.98. The van der Waals surface area contributed by atoms with Crippen molar-refractivity contribution in [3.8, 4) is 17.0 Å². The van der Waals surface area contributed by atoms with Crippen molar-refractivity contribution in [3.63, 3.8) is 0 Å². The van der Waals surface area contributed by atoms with Gasteiger partial charge in [0.25, 0.3) is 0 Å². The van der Waals surface area contributed by atoms with Crippen LogP contribution in [0.2, 0.25) is 0 Å². The van der Waals surface area contributed by atoms with E-state index in [0.717, 1.165) is 29.0 Å². The van der Waals surface area contributed by atoms with Crippen LogP contribution in [-0.4, -0.2) is 27.6 Å². The van der Waals surface area contributed by atoms with E-state index in [9.17, 15) is 4.79 Å². The summed E-state index contributed by atoms with van der Waals surface area (Å²) in [5.41, 5.74) is 3.14. The van der Waals surface area contributed by atoms with Crippen molar-refractivity contribution in [2.45, 2.75) is 13.3 Å². The molecule has 21 heavy (non-hydrogen) atoms. The molecule has 3 aromatic rings. The normalized spacial score (nSPS) is 11.0. The number of aryl methyl sites for hydroxylation is 1. The first-order chi connectivity index (χ1) is 10.1. The van der Waals surface area contributed by atoms with Gasteiger partial charge in [0.2, 0.25) is 0 Å². The van der Waals surface area contributed by atoms with Crippen LogP contribution in [0.3, 0.4) is 0 Å². The molecule has 2 heterocycles. The fourth-order valence-electron chi connectivity index (χ4n) is 2.31. The Morgan fingerprint density at radius 1 is 1.48 bits per heavy atom. The Bertz CT molecular complexity index is 820. The summed E-state index contributed by atoms with van der Waals surface area (Å²) in [5.74, 6) is -0.148. The number of ether oxygens (including phenoxy) is 1. The lowest BCUT2D eigenvalue weighted by Crippen LogP contribution is -1.95. The second kappa shape index (κ2) is 5.21. The SMILES string of the molecule is CCc1cc(-c2csc3nc(C(=O)O)cn23)ccc1OC. The summed E-state index contributed by atoms with van der Waals surface area (Å²) in [6.07, 6.45) is 2.42. The van der Waals surface area contributed by atoms with E-state index in [0.29, 0.717) is 4.96 Å². The zero-order valence-corrected chi connectivity index (χ0v) is 12.5. The van der Waals surface area contributed by atoms with E-state index >= 15 is 0 Å². The van der Waals surface area contributed by atoms with Gasteiger partial charge >= 0.3 is 5.97 Å². The molecule has 0 amide bonds. The number of carbonyl (C=O) groups is 1. The molecule has 0 radical (unpaired) electrons. The number of aromatic nitrogens is 2. The lowest BCUT2D eigenvalue weighted by atomic mass is 10.1. The fraction of sp³-hybridized carbons (Fsp3) is 0.200. The largest absolute Gasteiger partial charge is 0.496 e. The van der Waals surface area contributed by atoms with Gasteiger partial charge in [-0.1, -0.05) is 6.92 Å². The molecule has 0 unspecified atom stereocenters. The topological polar surface area (TPSA) is 63.8 Å². The van der Waals surface area contributed by atoms with E-state index in [2.05, 4.69) is 18.0 Å². The summed E-state index contributed by atoms with van der Waals surface area (Å²) in [6.45, 7) is 2.07. The summed E-state index contributed by atoms with van der Waals surface area (Å²) in [7, 11) is 1.66. The third-order valence-corrected chi connectivity index (χ3v) is 4.23. The van der Waals surface area contributed by atoms with Crippen molar-refractivity contribution in [1.82, 2.24) is 9.38 Å². The molecule has 0 aliphatic carbocycles. The zero-order valence-electron chi connectivity index (χ0n) is 11.7. The van der Waals surface area contributed by atoms with Gasteiger partial charge in [-0.05, 0) is 35.7 Å². The van der Waals surface area contributed by atoms with Crippen LogP contribution in [0.4, 0.5) is 0 Å². The van der Waals surface area contributed by atoms with E-state index in [1.165, 1.54) is 11.3 Å². The van der Waals surface area contributed by atoms with Crippen molar-refractivity contribution in [2.24, 2.45) is 0 Å². The molecule has 6 heteroatoms. The van der Waals surface area contributed by atoms with Gasteiger partial charge in [-0.2, -0.15) is 0 Å². The monoisotopic (exact) mass is 302 g/mol. The summed E-state index contributed by atoms with van der Waals surface area (Å²) in [5, 5.41) is 11.0. The molecule has 1 aromatic carbocycles. The van der Waals surface area contributed by atoms with Crippen molar-refractivity contribution in [3.05, 3.63) is 41.0 Å². The average Bonchev–Trinajstić information content (AvgIpc) is 3.06. The third kappa shape index (κ3) is 2.27. The Morgan fingerprint density at radius 2 is 2.29 bits per heavy atom. The second-order valence-electron chi connectivity index (χ2n) is 4.58.